The van der Waals surface area contributed by atoms with E-state index in [-0.39, 0.29) is 18.2 Å². The summed E-state index contributed by atoms with van der Waals surface area (Å²) >= 11 is 0. The molecule has 0 saturated heterocycles. The summed E-state index contributed by atoms with van der Waals surface area (Å²) in [7, 11) is 4.81. The number of ether oxygens (including phenoxy) is 3. The molecule has 0 aliphatic heterocycles. The molecule has 33 heavy (non-hydrogen) atoms. The van der Waals surface area contributed by atoms with Crippen LogP contribution in [0.3, 0.4) is 0 Å². The number of methoxy groups -OCH3 is 3. The van der Waals surface area contributed by atoms with Crippen LogP contribution >= 0.6 is 0 Å². The fourth-order valence-electron chi connectivity index (χ4n) is 3.63. The highest BCUT2D eigenvalue weighted by Crippen LogP contribution is 2.32. The van der Waals surface area contributed by atoms with Crippen molar-refractivity contribution >= 4 is 5.78 Å². The van der Waals surface area contributed by atoms with E-state index in [1.165, 1.54) is 0 Å². The van der Waals surface area contributed by atoms with E-state index < -0.39 is 0 Å². The van der Waals surface area contributed by atoms with Crippen LogP contribution in [0.4, 0.5) is 0 Å². The SMILES string of the molecule is COc1ccc(C(CC(=O)c2ccccc2)n2ncc(-c3ccc(OC)c(OC)c3)n2)cc1. The summed E-state index contributed by atoms with van der Waals surface area (Å²) < 4.78 is 16.0. The number of benzene rings is 3. The number of ketones is 1. The van der Waals surface area contributed by atoms with Crippen LogP contribution in [0, 0.1) is 0 Å². The molecule has 168 valence electrons. The molecule has 0 aliphatic carbocycles. The Kier molecular flexibility index (Phi) is 6.69. The van der Waals surface area contributed by atoms with E-state index in [1.54, 1.807) is 32.3 Å². The maximum absolute atomic E-state index is 13.0. The van der Waals surface area contributed by atoms with Gasteiger partial charge in [0.1, 0.15) is 17.5 Å². The molecule has 0 N–H and O–H groups in total. The number of aromatic nitrogens is 3. The van der Waals surface area contributed by atoms with Gasteiger partial charge in [-0.15, -0.1) is 0 Å². The standard InChI is InChI=1S/C26H25N3O4/c1-31-21-12-9-18(10-13-21)23(16-24(30)19-7-5-4-6-8-19)29-27-17-22(28-29)20-11-14-25(32-2)26(15-20)33-3/h4-15,17,23H,16H2,1-3H3. The summed E-state index contributed by atoms with van der Waals surface area (Å²) in [5.41, 5.74) is 3.07. The Morgan fingerprint density at radius 1 is 0.879 bits per heavy atom. The lowest BCUT2D eigenvalue weighted by molar-refractivity contribution is 0.0964. The Bertz CT molecular complexity index is 1220. The Labute approximate surface area is 192 Å². The first-order valence-corrected chi connectivity index (χ1v) is 10.5. The van der Waals surface area contributed by atoms with Gasteiger partial charge in [0.2, 0.25) is 0 Å². The third kappa shape index (κ3) is 4.87. The Morgan fingerprint density at radius 3 is 2.27 bits per heavy atom. The van der Waals surface area contributed by atoms with Gasteiger partial charge in [-0.3, -0.25) is 4.79 Å². The van der Waals surface area contributed by atoms with E-state index >= 15 is 0 Å². The van der Waals surface area contributed by atoms with Crippen molar-refractivity contribution in [1.82, 2.24) is 15.0 Å². The van der Waals surface area contributed by atoms with Crippen molar-refractivity contribution in [1.29, 1.82) is 0 Å². The van der Waals surface area contributed by atoms with Crippen molar-refractivity contribution in [2.75, 3.05) is 21.3 Å². The van der Waals surface area contributed by atoms with Crippen LogP contribution in [0.1, 0.15) is 28.4 Å². The number of rotatable bonds is 9. The van der Waals surface area contributed by atoms with Crippen molar-refractivity contribution < 1.29 is 19.0 Å². The van der Waals surface area contributed by atoms with Crippen LogP contribution in [-0.2, 0) is 0 Å². The van der Waals surface area contributed by atoms with E-state index in [1.807, 2.05) is 72.8 Å². The van der Waals surface area contributed by atoms with E-state index in [0.717, 1.165) is 16.9 Å². The molecule has 3 aromatic carbocycles. The van der Waals surface area contributed by atoms with Crippen LogP contribution in [0.25, 0.3) is 11.3 Å². The van der Waals surface area contributed by atoms with E-state index in [2.05, 4.69) is 5.10 Å². The highest BCUT2D eigenvalue weighted by molar-refractivity contribution is 5.96. The molecule has 0 aliphatic rings. The van der Waals surface area contributed by atoms with Gasteiger partial charge in [-0.2, -0.15) is 15.0 Å². The normalized spacial score (nSPS) is 11.6. The van der Waals surface area contributed by atoms with E-state index in [4.69, 9.17) is 19.3 Å². The number of hydrogen-bond donors (Lipinski definition) is 0. The minimum Gasteiger partial charge on any atom is -0.497 e. The minimum absolute atomic E-state index is 0.0152. The Morgan fingerprint density at radius 2 is 1.61 bits per heavy atom. The second-order valence-electron chi connectivity index (χ2n) is 7.40. The molecule has 0 saturated carbocycles. The molecule has 0 spiro atoms. The second kappa shape index (κ2) is 9.99. The zero-order valence-electron chi connectivity index (χ0n) is 18.8. The summed E-state index contributed by atoms with van der Waals surface area (Å²) in [5.74, 6) is 2.00. The summed E-state index contributed by atoms with van der Waals surface area (Å²) in [6.07, 6.45) is 1.90. The number of hydrogen-bond acceptors (Lipinski definition) is 6. The molecule has 4 aromatic rings. The molecule has 1 unspecified atom stereocenters. The van der Waals surface area contributed by atoms with Crippen LogP contribution < -0.4 is 14.2 Å². The van der Waals surface area contributed by atoms with Crippen molar-refractivity contribution in [2.45, 2.75) is 12.5 Å². The molecule has 7 nitrogen and oxygen atoms in total. The van der Waals surface area contributed by atoms with Gasteiger partial charge in [-0.1, -0.05) is 42.5 Å². The first kappa shape index (κ1) is 22.1. The van der Waals surface area contributed by atoms with Crippen LogP contribution in [0.2, 0.25) is 0 Å². The maximum Gasteiger partial charge on any atom is 0.165 e. The predicted octanol–water partition coefficient (Wildman–Crippen LogP) is 4.83. The van der Waals surface area contributed by atoms with Crippen molar-refractivity contribution in [3.63, 3.8) is 0 Å². The smallest absolute Gasteiger partial charge is 0.165 e. The molecular formula is C26H25N3O4. The van der Waals surface area contributed by atoms with Gasteiger partial charge in [-0.25, -0.2) is 0 Å². The first-order chi connectivity index (χ1) is 16.1. The zero-order valence-corrected chi connectivity index (χ0v) is 18.8. The lowest BCUT2D eigenvalue weighted by Crippen LogP contribution is -2.18. The fourth-order valence-corrected chi connectivity index (χ4v) is 3.63. The van der Waals surface area contributed by atoms with Gasteiger partial charge in [0.25, 0.3) is 0 Å². The summed E-state index contributed by atoms with van der Waals surface area (Å²) in [6.45, 7) is 0. The number of carbonyl (C=O) groups excluding carboxylic acids is 1. The van der Waals surface area contributed by atoms with Crippen molar-refractivity contribution in [3.05, 3.63) is 90.1 Å². The molecule has 1 aromatic heterocycles. The van der Waals surface area contributed by atoms with Gasteiger partial charge < -0.3 is 14.2 Å². The summed E-state index contributed by atoms with van der Waals surface area (Å²) in [6, 6.07) is 22.0. The number of carbonyl (C=O) groups is 1. The largest absolute Gasteiger partial charge is 0.497 e. The fraction of sp³-hybridized carbons (Fsp3) is 0.192. The average molecular weight is 444 g/mol. The van der Waals surface area contributed by atoms with Gasteiger partial charge in [0, 0.05) is 17.5 Å². The third-order valence-corrected chi connectivity index (χ3v) is 5.44. The van der Waals surface area contributed by atoms with E-state index in [0.29, 0.717) is 22.8 Å². The maximum atomic E-state index is 13.0. The lowest BCUT2D eigenvalue weighted by atomic mass is 9.98. The molecule has 0 radical (unpaired) electrons. The average Bonchev–Trinajstić information content (AvgIpc) is 3.37. The monoisotopic (exact) mass is 443 g/mol. The number of Topliss-reactive ketones (excluding diaryl/α,β-unsaturated/α-hetero) is 1. The molecule has 0 bridgehead atoms. The van der Waals surface area contributed by atoms with Gasteiger partial charge in [0.05, 0.1) is 27.5 Å². The molecule has 4 rings (SSSR count). The van der Waals surface area contributed by atoms with Crippen LogP contribution in [0.15, 0.2) is 79.0 Å². The third-order valence-electron chi connectivity index (χ3n) is 5.44. The van der Waals surface area contributed by atoms with Crippen LogP contribution in [0.5, 0.6) is 17.2 Å². The highest BCUT2D eigenvalue weighted by Gasteiger charge is 2.22. The quantitative estimate of drug-likeness (QED) is 0.345. The van der Waals surface area contributed by atoms with Crippen molar-refractivity contribution in [3.8, 4) is 28.5 Å². The molecular weight excluding hydrogens is 418 g/mol. The van der Waals surface area contributed by atoms with Gasteiger partial charge in [-0.05, 0) is 35.9 Å². The topological polar surface area (TPSA) is 75.5 Å². The van der Waals surface area contributed by atoms with Gasteiger partial charge in [0.15, 0.2) is 17.3 Å². The van der Waals surface area contributed by atoms with Gasteiger partial charge >= 0.3 is 0 Å². The summed E-state index contributed by atoms with van der Waals surface area (Å²) in [4.78, 5) is 14.6. The second-order valence-corrected chi connectivity index (χ2v) is 7.40. The van der Waals surface area contributed by atoms with Crippen molar-refractivity contribution in [2.24, 2.45) is 0 Å². The lowest BCUT2D eigenvalue weighted by Gasteiger charge is -2.17. The Hall–Kier alpha value is -4.13. The number of nitrogens with zero attached hydrogens (tertiary/aromatic N) is 3. The minimum atomic E-state index is -0.377. The first-order valence-electron chi connectivity index (χ1n) is 10.5. The molecule has 1 heterocycles. The summed E-state index contributed by atoms with van der Waals surface area (Å²) in [5, 5.41) is 9.21. The van der Waals surface area contributed by atoms with E-state index in [9.17, 15) is 4.79 Å². The highest BCUT2D eigenvalue weighted by atomic mass is 16.5. The molecule has 1 atom stereocenters. The van der Waals surface area contributed by atoms with Crippen LogP contribution in [-0.4, -0.2) is 42.1 Å². The Balaban J connectivity index is 1.68. The molecule has 7 heteroatoms. The predicted molar refractivity (Wildman–Crippen MR) is 125 cm³/mol. The molecule has 0 amide bonds. The zero-order chi connectivity index (χ0) is 23.2. The molecule has 0 fully saturated rings.